The van der Waals surface area contributed by atoms with Crippen LogP contribution in [-0.2, 0) is 13.1 Å². The van der Waals surface area contributed by atoms with Crippen molar-refractivity contribution in [3.05, 3.63) is 106 Å². The van der Waals surface area contributed by atoms with Gasteiger partial charge in [-0.3, -0.25) is 4.79 Å². The van der Waals surface area contributed by atoms with Crippen molar-refractivity contribution >= 4 is 22.7 Å². The molecular weight excluding hydrogens is 404 g/mol. The molecule has 0 spiro atoms. The second-order valence-corrected chi connectivity index (χ2v) is 7.56. The monoisotopic (exact) mass is 428 g/mol. The molecule has 0 saturated carbocycles. The van der Waals surface area contributed by atoms with Crippen LogP contribution in [-0.4, -0.2) is 18.0 Å². The van der Waals surface area contributed by atoms with Gasteiger partial charge in [0.25, 0.3) is 0 Å². The minimum atomic E-state index is -0.345. The highest BCUT2D eigenvalue weighted by molar-refractivity contribution is 5.91. The lowest BCUT2D eigenvalue weighted by Gasteiger charge is -2.23. The summed E-state index contributed by atoms with van der Waals surface area (Å²) in [6.07, 6.45) is 1.44. The van der Waals surface area contributed by atoms with Gasteiger partial charge in [-0.15, -0.1) is 0 Å². The SMILES string of the molecule is COc1ccccc1NC(=O)N(Cc1ccccc1)Cc1coc2ccc(C)cc2c1=O. The molecule has 0 unspecified atom stereocenters. The Labute approximate surface area is 186 Å². The van der Waals surface area contributed by atoms with Crippen molar-refractivity contribution in [2.45, 2.75) is 20.0 Å². The van der Waals surface area contributed by atoms with Gasteiger partial charge in [-0.2, -0.15) is 0 Å². The second kappa shape index (κ2) is 9.39. The fourth-order valence-electron chi connectivity index (χ4n) is 3.55. The number of amides is 2. The number of hydrogen-bond donors (Lipinski definition) is 1. The van der Waals surface area contributed by atoms with Gasteiger partial charge in [0.1, 0.15) is 11.3 Å². The third-order valence-corrected chi connectivity index (χ3v) is 5.21. The summed E-state index contributed by atoms with van der Waals surface area (Å²) >= 11 is 0. The van der Waals surface area contributed by atoms with Crippen LogP contribution in [0.2, 0.25) is 0 Å². The second-order valence-electron chi connectivity index (χ2n) is 7.56. The van der Waals surface area contributed by atoms with Crippen LogP contribution < -0.4 is 15.5 Å². The van der Waals surface area contributed by atoms with Crippen LogP contribution in [0.15, 0.2) is 88.3 Å². The lowest BCUT2D eigenvalue weighted by Crippen LogP contribution is -2.35. The maximum Gasteiger partial charge on any atom is 0.322 e. The Hall–Kier alpha value is -4.06. The van der Waals surface area contributed by atoms with Crippen LogP contribution in [0.3, 0.4) is 0 Å². The fourth-order valence-corrected chi connectivity index (χ4v) is 3.55. The topological polar surface area (TPSA) is 71.8 Å². The quantitative estimate of drug-likeness (QED) is 0.450. The first-order valence-electron chi connectivity index (χ1n) is 10.3. The number of methoxy groups -OCH3 is 1. The van der Waals surface area contributed by atoms with Crippen LogP contribution in [0.5, 0.6) is 5.75 Å². The molecule has 32 heavy (non-hydrogen) atoms. The molecule has 0 radical (unpaired) electrons. The summed E-state index contributed by atoms with van der Waals surface area (Å²) in [5, 5.41) is 3.40. The van der Waals surface area contributed by atoms with Gasteiger partial charge < -0.3 is 19.4 Å². The first-order chi connectivity index (χ1) is 15.5. The number of para-hydroxylation sites is 2. The largest absolute Gasteiger partial charge is 0.495 e. The molecule has 6 heteroatoms. The minimum absolute atomic E-state index is 0.0993. The zero-order valence-electron chi connectivity index (χ0n) is 18.0. The first-order valence-corrected chi connectivity index (χ1v) is 10.3. The number of urea groups is 1. The molecule has 0 saturated heterocycles. The molecule has 0 atom stereocenters. The molecule has 1 heterocycles. The number of hydrogen-bond acceptors (Lipinski definition) is 4. The highest BCUT2D eigenvalue weighted by atomic mass is 16.5. The molecule has 0 fully saturated rings. The standard InChI is InChI=1S/C26H24N2O4/c1-18-12-13-23-21(14-18)25(29)20(17-32-23)16-28(15-19-8-4-3-5-9-19)26(30)27-22-10-6-7-11-24(22)31-2/h3-14,17H,15-16H2,1-2H3,(H,27,30). The Balaban J connectivity index is 1.66. The van der Waals surface area contributed by atoms with E-state index in [2.05, 4.69) is 5.32 Å². The highest BCUT2D eigenvalue weighted by Crippen LogP contribution is 2.24. The smallest absolute Gasteiger partial charge is 0.322 e. The Bertz CT molecular complexity index is 1300. The van der Waals surface area contributed by atoms with Crippen molar-refractivity contribution in [2.24, 2.45) is 0 Å². The number of carbonyl (C=O) groups is 1. The van der Waals surface area contributed by atoms with E-state index in [0.717, 1.165) is 11.1 Å². The van der Waals surface area contributed by atoms with Crippen molar-refractivity contribution < 1.29 is 13.9 Å². The lowest BCUT2D eigenvalue weighted by molar-refractivity contribution is 0.206. The first kappa shape index (κ1) is 21.2. The molecule has 1 N–H and O–H groups in total. The van der Waals surface area contributed by atoms with Crippen LogP contribution in [0.1, 0.15) is 16.7 Å². The predicted octanol–water partition coefficient (Wildman–Crippen LogP) is 5.34. The molecule has 1 aromatic heterocycles. The molecule has 4 aromatic rings. The average Bonchev–Trinajstić information content (AvgIpc) is 2.81. The van der Waals surface area contributed by atoms with Crippen LogP contribution >= 0.6 is 0 Å². The normalized spacial score (nSPS) is 10.7. The molecule has 4 rings (SSSR count). The summed E-state index contributed by atoms with van der Waals surface area (Å²) in [5.74, 6) is 0.557. The summed E-state index contributed by atoms with van der Waals surface area (Å²) in [7, 11) is 1.55. The van der Waals surface area contributed by atoms with Crippen LogP contribution in [0, 0.1) is 6.92 Å². The van der Waals surface area contributed by atoms with Gasteiger partial charge in [-0.1, -0.05) is 54.1 Å². The zero-order chi connectivity index (χ0) is 22.5. The third-order valence-electron chi connectivity index (χ3n) is 5.21. The van der Waals surface area contributed by atoms with E-state index in [1.165, 1.54) is 6.26 Å². The number of nitrogens with one attached hydrogen (secondary N) is 1. The number of rotatable bonds is 6. The van der Waals surface area contributed by atoms with Gasteiger partial charge in [-0.05, 0) is 36.8 Å². The summed E-state index contributed by atoms with van der Waals surface area (Å²) in [6.45, 7) is 2.35. The van der Waals surface area contributed by atoms with E-state index in [1.807, 2.05) is 55.5 Å². The fraction of sp³-hybridized carbons (Fsp3) is 0.154. The Morgan fingerprint density at radius 3 is 2.53 bits per heavy atom. The molecule has 2 amide bonds. The predicted molar refractivity (Wildman–Crippen MR) is 125 cm³/mol. The summed E-state index contributed by atoms with van der Waals surface area (Å²) in [4.78, 5) is 27.9. The maximum atomic E-state index is 13.2. The number of fused-ring (bicyclic) bond motifs is 1. The van der Waals surface area contributed by atoms with Gasteiger partial charge in [0.15, 0.2) is 5.43 Å². The zero-order valence-corrected chi connectivity index (χ0v) is 18.0. The Kier molecular flexibility index (Phi) is 6.22. The highest BCUT2D eigenvalue weighted by Gasteiger charge is 2.19. The van der Waals surface area contributed by atoms with Crippen molar-refractivity contribution in [1.29, 1.82) is 0 Å². The average molecular weight is 428 g/mol. The summed E-state index contributed by atoms with van der Waals surface area (Å²) in [5.41, 5.74) is 3.27. The van der Waals surface area contributed by atoms with Gasteiger partial charge in [0.2, 0.25) is 0 Å². The molecular formula is C26H24N2O4. The van der Waals surface area contributed by atoms with E-state index in [0.29, 0.717) is 34.5 Å². The number of carbonyl (C=O) groups excluding carboxylic acids is 1. The number of anilines is 1. The van der Waals surface area contributed by atoms with E-state index < -0.39 is 0 Å². The molecule has 0 bridgehead atoms. The van der Waals surface area contributed by atoms with E-state index in [9.17, 15) is 9.59 Å². The van der Waals surface area contributed by atoms with Gasteiger partial charge in [0.05, 0.1) is 36.6 Å². The molecule has 6 nitrogen and oxygen atoms in total. The van der Waals surface area contributed by atoms with Crippen molar-refractivity contribution in [2.75, 3.05) is 12.4 Å². The van der Waals surface area contributed by atoms with E-state index >= 15 is 0 Å². The lowest BCUT2D eigenvalue weighted by atomic mass is 10.1. The molecule has 162 valence electrons. The molecule has 3 aromatic carbocycles. The minimum Gasteiger partial charge on any atom is -0.495 e. The number of ether oxygens (including phenoxy) is 1. The van der Waals surface area contributed by atoms with Crippen LogP contribution in [0.25, 0.3) is 11.0 Å². The maximum absolute atomic E-state index is 13.2. The van der Waals surface area contributed by atoms with Gasteiger partial charge >= 0.3 is 6.03 Å². The third kappa shape index (κ3) is 4.64. The van der Waals surface area contributed by atoms with Crippen molar-refractivity contribution in [3.63, 3.8) is 0 Å². The Morgan fingerprint density at radius 1 is 1.00 bits per heavy atom. The van der Waals surface area contributed by atoms with E-state index in [4.69, 9.17) is 9.15 Å². The van der Waals surface area contributed by atoms with Crippen molar-refractivity contribution in [1.82, 2.24) is 4.90 Å². The Morgan fingerprint density at radius 2 is 1.75 bits per heavy atom. The molecule has 0 aliphatic carbocycles. The van der Waals surface area contributed by atoms with Crippen molar-refractivity contribution in [3.8, 4) is 5.75 Å². The summed E-state index contributed by atoms with van der Waals surface area (Å²) in [6, 6.07) is 22.0. The van der Waals surface area contributed by atoms with Crippen LogP contribution in [0.4, 0.5) is 10.5 Å². The van der Waals surface area contributed by atoms with Gasteiger partial charge in [-0.25, -0.2) is 4.79 Å². The summed E-state index contributed by atoms with van der Waals surface area (Å²) < 4.78 is 11.0. The number of benzene rings is 3. The molecule has 0 aliphatic rings. The van der Waals surface area contributed by atoms with Gasteiger partial charge in [0, 0.05) is 6.54 Å². The molecule has 0 aliphatic heterocycles. The number of nitrogens with zero attached hydrogens (tertiary/aromatic N) is 1. The van der Waals surface area contributed by atoms with E-state index in [-0.39, 0.29) is 18.0 Å². The number of aryl methyl sites for hydroxylation is 1. The van der Waals surface area contributed by atoms with E-state index in [1.54, 1.807) is 36.3 Å².